The number of pyridine rings is 1. The van der Waals surface area contributed by atoms with Gasteiger partial charge in [-0.25, -0.2) is 12.8 Å². The van der Waals surface area contributed by atoms with E-state index in [4.69, 9.17) is 9.47 Å². The molecule has 1 aromatic heterocycles. The van der Waals surface area contributed by atoms with Crippen molar-refractivity contribution in [2.75, 3.05) is 13.7 Å². The molecule has 0 unspecified atom stereocenters. The summed E-state index contributed by atoms with van der Waals surface area (Å²) in [6.07, 6.45) is 1.31. The van der Waals surface area contributed by atoms with Crippen LogP contribution in [0.5, 0.6) is 11.5 Å². The van der Waals surface area contributed by atoms with Crippen LogP contribution >= 0.6 is 0 Å². The van der Waals surface area contributed by atoms with Crippen molar-refractivity contribution in [3.8, 4) is 11.5 Å². The zero-order valence-electron chi connectivity index (χ0n) is 18.1. The van der Waals surface area contributed by atoms with Crippen LogP contribution in [0.4, 0.5) is 4.39 Å². The van der Waals surface area contributed by atoms with Crippen molar-refractivity contribution >= 4 is 20.7 Å². The summed E-state index contributed by atoms with van der Waals surface area (Å²) in [6.45, 7) is 2.45. The van der Waals surface area contributed by atoms with Gasteiger partial charge in [-0.2, -0.15) is 0 Å². The monoisotopic (exact) mass is 467 g/mol. The van der Waals surface area contributed by atoms with E-state index in [2.05, 4.69) is 0 Å². The van der Waals surface area contributed by atoms with Crippen molar-refractivity contribution in [2.45, 2.75) is 23.3 Å². The van der Waals surface area contributed by atoms with Gasteiger partial charge in [-0.05, 0) is 67.1 Å². The lowest BCUT2D eigenvalue weighted by atomic mass is 10.1. The number of ether oxygens (including phenoxy) is 2. The summed E-state index contributed by atoms with van der Waals surface area (Å²) < 4.78 is 52.9. The van der Waals surface area contributed by atoms with E-state index in [1.54, 1.807) is 41.0 Å². The lowest BCUT2D eigenvalue weighted by Crippen LogP contribution is -2.19. The largest absolute Gasteiger partial charge is 0.497 e. The Morgan fingerprint density at radius 2 is 1.70 bits per heavy atom. The highest BCUT2D eigenvalue weighted by Gasteiger charge is 2.24. The standard InChI is InChI=1S/C25H22FNO5S/c1-3-32-19-7-10-21(11-8-19)33(29,30)24-16-27(15-17-5-4-6-18(26)13-17)23-12-9-20(31-2)14-22(23)25(24)28/h4-14,16H,3,15H2,1-2H3. The molecule has 0 aliphatic rings. The molecule has 0 saturated heterocycles. The first-order chi connectivity index (χ1) is 15.8. The quantitative estimate of drug-likeness (QED) is 0.402. The molecule has 0 aliphatic carbocycles. The van der Waals surface area contributed by atoms with E-state index in [0.29, 0.717) is 29.2 Å². The summed E-state index contributed by atoms with van der Waals surface area (Å²) in [5.41, 5.74) is 0.504. The molecule has 170 valence electrons. The molecule has 4 aromatic rings. The van der Waals surface area contributed by atoms with E-state index >= 15 is 0 Å². The van der Waals surface area contributed by atoms with E-state index in [9.17, 15) is 17.6 Å². The van der Waals surface area contributed by atoms with Crippen LogP contribution in [-0.4, -0.2) is 26.7 Å². The van der Waals surface area contributed by atoms with Gasteiger partial charge < -0.3 is 14.0 Å². The molecular weight excluding hydrogens is 445 g/mol. The Kier molecular flexibility index (Phi) is 6.20. The molecule has 33 heavy (non-hydrogen) atoms. The molecule has 8 heteroatoms. The molecule has 3 aromatic carbocycles. The normalized spacial score (nSPS) is 11.5. The first-order valence-electron chi connectivity index (χ1n) is 10.3. The highest BCUT2D eigenvalue weighted by Crippen LogP contribution is 2.26. The smallest absolute Gasteiger partial charge is 0.211 e. The molecule has 0 amide bonds. The van der Waals surface area contributed by atoms with Crippen LogP contribution in [0.25, 0.3) is 10.9 Å². The first-order valence-corrected chi connectivity index (χ1v) is 11.8. The molecule has 0 saturated carbocycles. The minimum absolute atomic E-state index is 0.0254. The van der Waals surface area contributed by atoms with Crippen LogP contribution in [0.1, 0.15) is 12.5 Å². The summed E-state index contributed by atoms with van der Waals surface area (Å²) in [4.78, 5) is 12.9. The summed E-state index contributed by atoms with van der Waals surface area (Å²) in [5, 5.41) is 0.192. The summed E-state index contributed by atoms with van der Waals surface area (Å²) in [6, 6.07) is 16.8. The molecule has 0 N–H and O–H groups in total. The highest BCUT2D eigenvalue weighted by atomic mass is 32.2. The average molecular weight is 468 g/mol. The Morgan fingerprint density at radius 3 is 2.36 bits per heavy atom. The Balaban J connectivity index is 1.92. The van der Waals surface area contributed by atoms with Crippen LogP contribution in [-0.2, 0) is 16.4 Å². The van der Waals surface area contributed by atoms with Gasteiger partial charge in [0.2, 0.25) is 15.3 Å². The van der Waals surface area contributed by atoms with Crippen molar-refractivity contribution in [3.63, 3.8) is 0 Å². The maximum atomic E-state index is 13.7. The van der Waals surface area contributed by atoms with E-state index in [0.717, 1.165) is 0 Å². The van der Waals surface area contributed by atoms with E-state index < -0.39 is 21.1 Å². The van der Waals surface area contributed by atoms with Gasteiger partial charge in [-0.3, -0.25) is 4.79 Å². The van der Waals surface area contributed by atoms with Crippen LogP contribution in [0.15, 0.2) is 87.5 Å². The van der Waals surface area contributed by atoms with Crippen LogP contribution in [0.3, 0.4) is 0 Å². The topological polar surface area (TPSA) is 74.6 Å². The van der Waals surface area contributed by atoms with Gasteiger partial charge in [-0.1, -0.05) is 12.1 Å². The maximum Gasteiger partial charge on any atom is 0.211 e. The number of hydrogen-bond acceptors (Lipinski definition) is 5. The first kappa shape index (κ1) is 22.5. The maximum absolute atomic E-state index is 13.7. The highest BCUT2D eigenvalue weighted by molar-refractivity contribution is 7.91. The number of fused-ring (bicyclic) bond motifs is 1. The number of rotatable bonds is 7. The Labute approximate surface area is 190 Å². The minimum Gasteiger partial charge on any atom is -0.497 e. The number of methoxy groups -OCH3 is 1. The van der Waals surface area contributed by atoms with Gasteiger partial charge in [0.15, 0.2) is 0 Å². The second kappa shape index (κ2) is 9.07. The summed E-state index contributed by atoms with van der Waals surface area (Å²) in [5.74, 6) is 0.553. The SMILES string of the molecule is CCOc1ccc(S(=O)(=O)c2cn(Cc3cccc(F)c3)c3ccc(OC)cc3c2=O)cc1. The fourth-order valence-corrected chi connectivity index (χ4v) is 5.01. The van der Waals surface area contributed by atoms with Crippen molar-refractivity contribution in [2.24, 2.45) is 0 Å². The van der Waals surface area contributed by atoms with E-state index in [-0.39, 0.29) is 21.7 Å². The number of hydrogen-bond donors (Lipinski definition) is 0. The molecule has 0 fully saturated rings. The molecule has 0 bridgehead atoms. The third-order valence-corrected chi connectivity index (χ3v) is 6.99. The van der Waals surface area contributed by atoms with Gasteiger partial charge in [0.05, 0.1) is 29.5 Å². The Hall–Kier alpha value is -3.65. The number of aromatic nitrogens is 1. The predicted octanol–water partition coefficient (Wildman–Crippen LogP) is 4.43. The van der Waals surface area contributed by atoms with Gasteiger partial charge >= 0.3 is 0 Å². The zero-order valence-corrected chi connectivity index (χ0v) is 18.9. The van der Waals surface area contributed by atoms with Gasteiger partial charge in [0.1, 0.15) is 22.2 Å². The molecule has 0 atom stereocenters. The van der Waals surface area contributed by atoms with E-state index in [1.807, 2.05) is 6.92 Å². The van der Waals surface area contributed by atoms with Crippen LogP contribution in [0, 0.1) is 5.82 Å². The average Bonchev–Trinajstić information content (AvgIpc) is 2.81. The second-order valence-electron chi connectivity index (χ2n) is 7.37. The van der Waals surface area contributed by atoms with Crippen molar-refractivity contribution in [1.82, 2.24) is 4.57 Å². The van der Waals surface area contributed by atoms with Crippen LogP contribution in [0.2, 0.25) is 0 Å². The third kappa shape index (κ3) is 4.47. The van der Waals surface area contributed by atoms with Crippen molar-refractivity contribution in [3.05, 3.63) is 94.5 Å². The second-order valence-corrected chi connectivity index (χ2v) is 9.29. The van der Waals surface area contributed by atoms with Crippen molar-refractivity contribution in [1.29, 1.82) is 0 Å². The van der Waals surface area contributed by atoms with Gasteiger partial charge in [-0.15, -0.1) is 0 Å². The summed E-state index contributed by atoms with van der Waals surface area (Å²) >= 11 is 0. The molecule has 0 spiro atoms. The van der Waals surface area contributed by atoms with Gasteiger partial charge in [0.25, 0.3) is 0 Å². The lowest BCUT2D eigenvalue weighted by molar-refractivity contribution is 0.340. The molecule has 6 nitrogen and oxygen atoms in total. The lowest BCUT2D eigenvalue weighted by Gasteiger charge is -2.15. The summed E-state index contributed by atoms with van der Waals surface area (Å²) in [7, 11) is -2.67. The number of nitrogens with zero attached hydrogens (tertiary/aromatic N) is 1. The molecule has 4 rings (SSSR count). The number of halogens is 1. The van der Waals surface area contributed by atoms with E-state index in [1.165, 1.54) is 43.6 Å². The third-order valence-electron chi connectivity index (χ3n) is 5.23. The van der Waals surface area contributed by atoms with Crippen molar-refractivity contribution < 1.29 is 22.3 Å². The predicted molar refractivity (Wildman–Crippen MR) is 123 cm³/mol. The minimum atomic E-state index is -4.14. The molecule has 0 radical (unpaired) electrons. The van der Waals surface area contributed by atoms with Crippen LogP contribution < -0.4 is 14.9 Å². The van der Waals surface area contributed by atoms with Gasteiger partial charge in [0, 0.05) is 12.7 Å². The zero-order chi connectivity index (χ0) is 23.6. The molecule has 1 heterocycles. The number of sulfone groups is 1. The Bertz CT molecular complexity index is 1480. The fraction of sp³-hybridized carbons (Fsp3) is 0.160. The Morgan fingerprint density at radius 1 is 0.970 bits per heavy atom. The molecular formula is C25H22FNO5S. The molecule has 0 aliphatic heterocycles. The number of benzene rings is 3. The fourth-order valence-electron chi connectivity index (χ4n) is 3.64.